The first-order valence-corrected chi connectivity index (χ1v) is 8.19. The van der Waals surface area contributed by atoms with E-state index in [0.717, 1.165) is 17.0 Å². The van der Waals surface area contributed by atoms with Crippen LogP contribution in [0.3, 0.4) is 0 Å². The third-order valence-corrected chi connectivity index (χ3v) is 4.28. The van der Waals surface area contributed by atoms with Crippen LogP contribution in [0.1, 0.15) is 33.6 Å². The highest BCUT2D eigenvalue weighted by atomic mass is 35.5. The molecule has 0 saturated carbocycles. The molecular weight excluding hydrogens is 363 g/mol. The number of aromatic hydroxyl groups is 1. The fourth-order valence-corrected chi connectivity index (χ4v) is 2.85. The molecule has 2 aromatic carbocycles. The Kier molecular flexibility index (Phi) is 4.90. The molecule has 0 bridgehead atoms. The van der Waals surface area contributed by atoms with E-state index >= 15 is 0 Å². The summed E-state index contributed by atoms with van der Waals surface area (Å²) >= 11 is 5.69. The van der Waals surface area contributed by atoms with E-state index in [1.807, 2.05) is 0 Å². The number of anilines is 1. The van der Waals surface area contributed by atoms with Gasteiger partial charge in [0.05, 0.1) is 21.8 Å². The van der Waals surface area contributed by atoms with Gasteiger partial charge in [0.2, 0.25) is 5.91 Å². The number of nitrogens with one attached hydrogen (secondary N) is 1. The molecule has 1 aliphatic heterocycles. The Morgan fingerprint density at radius 2 is 1.77 bits per heavy atom. The molecule has 3 amide bonds. The Morgan fingerprint density at radius 1 is 1.15 bits per heavy atom. The third-order valence-electron chi connectivity index (χ3n) is 3.97. The van der Waals surface area contributed by atoms with Crippen LogP contribution < -0.4 is 5.32 Å². The molecule has 0 aromatic heterocycles. The summed E-state index contributed by atoms with van der Waals surface area (Å²) in [7, 11) is 0. The lowest BCUT2D eigenvalue weighted by Crippen LogP contribution is -2.31. The van der Waals surface area contributed by atoms with Crippen molar-refractivity contribution >= 4 is 35.0 Å². The summed E-state index contributed by atoms with van der Waals surface area (Å²) in [6, 6.07) is 8.43. The largest absolute Gasteiger partial charge is 0.506 e. The van der Waals surface area contributed by atoms with Crippen LogP contribution in [0.25, 0.3) is 0 Å². The van der Waals surface area contributed by atoms with Crippen LogP contribution in [-0.4, -0.2) is 34.3 Å². The van der Waals surface area contributed by atoms with Gasteiger partial charge in [-0.15, -0.1) is 0 Å². The Balaban J connectivity index is 1.56. The van der Waals surface area contributed by atoms with Crippen molar-refractivity contribution in [2.45, 2.75) is 12.8 Å². The number of hydrogen-bond acceptors (Lipinski definition) is 4. The zero-order valence-electron chi connectivity index (χ0n) is 13.5. The number of carbonyl (C=O) groups excluding carboxylic acids is 3. The van der Waals surface area contributed by atoms with Crippen LogP contribution in [-0.2, 0) is 4.79 Å². The molecule has 6 nitrogen and oxygen atoms in total. The van der Waals surface area contributed by atoms with E-state index in [9.17, 15) is 23.9 Å². The Hall–Kier alpha value is -2.93. The van der Waals surface area contributed by atoms with Gasteiger partial charge in [0, 0.05) is 19.0 Å². The molecular formula is C18H14ClFN2O4. The second-order valence-corrected chi connectivity index (χ2v) is 6.15. The van der Waals surface area contributed by atoms with Crippen molar-refractivity contribution in [3.8, 4) is 5.75 Å². The summed E-state index contributed by atoms with van der Waals surface area (Å²) < 4.78 is 13.7. The topological polar surface area (TPSA) is 86.7 Å². The molecule has 0 radical (unpaired) electrons. The number of halogens is 2. The Bertz CT molecular complexity index is 881. The van der Waals surface area contributed by atoms with Gasteiger partial charge < -0.3 is 10.4 Å². The minimum absolute atomic E-state index is 0.0225. The van der Waals surface area contributed by atoms with Gasteiger partial charge in [-0.3, -0.25) is 19.3 Å². The summed E-state index contributed by atoms with van der Waals surface area (Å²) in [5.74, 6) is -2.51. The number of benzene rings is 2. The maximum absolute atomic E-state index is 13.7. The number of carbonyl (C=O) groups is 3. The van der Waals surface area contributed by atoms with Crippen LogP contribution in [0.2, 0.25) is 5.02 Å². The number of phenolic OH excluding ortho intramolecular Hbond substituents is 1. The highest BCUT2D eigenvalue weighted by Gasteiger charge is 2.34. The van der Waals surface area contributed by atoms with Gasteiger partial charge in [-0.25, -0.2) is 4.39 Å². The lowest BCUT2D eigenvalue weighted by molar-refractivity contribution is -0.116. The molecule has 26 heavy (non-hydrogen) atoms. The van der Waals surface area contributed by atoms with Crippen LogP contribution in [0.4, 0.5) is 10.1 Å². The molecule has 1 aliphatic rings. The van der Waals surface area contributed by atoms with Gasteiger partial charge in [0.15, 0.2) is 0 Å². The molecule has 1 heterocycles. The summed E-state index contributed by atoms with van der Waals surface area (Å²) in [5, 5.41) is 11.5. The SMILES string of the molecule is O=C(CCCN1C(=O)c2ccccc2C1=O)Nc1cc(Cl)c(O)cc1F. The number of rotatable bonds is 5. The highest BCUT2D eigenvalue weighted by Crippen LogP contribution is 2.29. The number of hydrogen-bond donors (Lipinski definition) is 2. The molecule has 2 N–H and O–H groups in total. The number of nitrogens with zero attached hydrogens (tertiary/aromatic N) is 1. The molecule has 0 unspecified atom stereocenters. The van der Waals surface area contributed by atoms with Gasteiger partial charge in [-0.05, 0) is 24.6 Å². The van der Waals surface area contributed by atoms with E-state index in [1.165, 1.54) is 0 Å². The summed E-state index contributed by atoms with van der Waals surface area (Å²) in [4.78, 5) is 37.4. The van der Waals surface area contributed by atoms with E-state index in [4.69, 9.17) is 11.6 Å². The van der Waals surface area contributed by atoms with Crippen molar-refractivity contribution in [2.75, 3.05) is 11.9 Å². The molecule has 2 aromatic rings. The normalized spacial score (nSPS) is 13.1. The first-order chi connectivity index (χ1) is 12.4. The van der Waals surface area contributed by atoms with Crippen molar-refractivity contribution in [3.05, 3.63) is 58.4 Å². The molecule has 0 fully saturated rings. The standard InChI is InChI=1S/C18H14ClFN2O4/c19-12-8-14(13(20)9-15(12)23)21-16(24)6-3-7-22-17(25)10-4-1-2-5-11(10)18(22)26/h1-2,4-5,8-9,23H,3,6-7H2,(H,21,24). The first kappa shape index (κ1) is 17.9. The van der Waals surface area contributed by atoms with Crippen LogP contribution in [0.15, 0.2) is 36.4 Å². The van der Waals surface area contributed by atoms with Crippen molar-refractivity contribution in [1.29, 1.82) is 0 Å². The predicted octanol–water partition coefficient (Wildman–Crippen LogP) is 3.20. The van der Waals surface area contributed by atoms with Crippen molar-refractivity contribution in [1.82, 2.24) is 4.90 Å². The number of fused-ring (bicyclic) bond motifs is 1. The monoisotopic (exact) mass is 376 g/mol. The van der Waals surface area contributed by atoms with E-state index in [1.54, 1.807) is 24.3 Å². The van der Waals surface area contributed by atoms with Gasteiger partial charge in [0.25, 0.3) is 11.8 Å². The highest BCUT2D eigenvalue weighted by molar-refractivity contribution is 6.32. The Morgan fingerprint density at radius 3 is 2.38 bits per heavy atom. The minimum Gasteiger partial charge on any atom is -0.506 e. The molecule has 134 valence electrons. The van der Waals surface area contributed by atoms with Crippen molar-refractivity contribution in [3.63, 3.8) is 0 Å². The van der Waals surface area contributed by atoms with Gasteiger partial charge >= 0.3 is 0 Å². The van der Waals surface area contributed by atoms with Crippen LogP contribution in [0, 0.1) is 5.82 Å². The second kappa shape index (κ2) is 7.13. The molecule has 8 heteroatoms. The quantitative estimate of drug-likeness (QED) is 0.619. The predicted molar refractivity (Wildman–Crippen MR) is 92.7 cm³/mol. The average molecular weight is 377 g/mol. The molecule has 0 atom stereocenters. The fourth-order valence-electron chi connectivity index (χ4n) is 2.68. The zero-order valence-corrected chi connectivity index (χ0v) is 14.2. The number of phenols is 1. The lowest BCUT2D eigenvalue weighted by atomic mass is 10.1. The van der Waals surface area contributed by atoms with E-state index < -0.39 is 17.5 Å². The lowest BCUT2D eigenvalue weighted by Gasteiger charge is -2.13. The zero-order chi connectivity index (χ0) is 18.8. The number of imide groups is 1. The van der Waals surface area contributed by atoms with Crippen LogP contribution in [0.5, 0.6) is 5.75 Å². The Labute approximate surface area is 153 Å². The maximum Gasteiger partial charge on any atom is 0.261 e. The molecule has 0 spiro atoms. The van der Waals surface area contributed by atoms with Gasteiger partial charge in [-0.1, -0.05) is 23.7 Å². The third kappa shape index (κ3) is 3.39. The molecule has 3 rings (SSSR count). The first-order valence-electron chi connectivity index (χ1n) is 7.81. The molecule has 0 saturated heterocycles. The van der Waals surface area contributed by atoms with Gasteiger partial charge in [0.1, 0.15) is 11.6 Å². The molecule has 0 aliphatic carbocycles. The minimum atomic E-state index is -0.819. The summed E-state index contributed by atoms with van der Waals surface area (Å²) in [5.41, 5.74) is 0.545. The van der Waals surface area contributed by atoms with Crippen LogP contribution >= 0.6 is 11.6 Å². The second-order valence-electron chi connectivity index (χ2n) is 5.74. The van der Waals surface area contributed by atoms with Crippen molar-refractivity contribution < 1.29 is 23.9 Å². The van der Waals surface area contributed by atoms with Gasteiger partial charge in [-0.2, -0.15) is 0 Å². The average Bonchev–Trinajstić information content (AvgIpc) is 2.85. The van der Waals surface area contributed by atoms with E-state index in [2.05, 4.69) is 5.32 Å². The summed E-state index contributed by atoms with van der Waals surface area (Å²) in [6.45, 7) is 0.0819. The fraction of sp³-hybridized carbons (Fsp3) is 0.167. The van der Waals surface area contributed by atoms with E-state index in [0.29, 0.717) is 11.1 Å². The van der Waals surface area contributed by atoms with Crippen molar-refractivity contribution in [2.24, 2.45) is 0 Å². The maximum atomic E-state index is 13.7. The smallest absolute Gasteiger partial charge is 0.261 e. The van der Waals surface area contributed by atoms with E-state index in [-0.39, 0.29) is 41.9 Å². The number of amides is 3. The summed E-state index contributed by atoms with van der Waals surface area (Å²) in [6.07, 6.45) is 0.204.